The van der Waals surface area contributed by atoms with Gasteiger partial charge in [0.15, 0.2) is 0 Å². The molecular formula is C32H47N. The molecule has 1 aliphatic heterocycles. The van der Waals surface area contributed by atoms with Gasteiger partial charge in [0.05, 0.1) is 0 Å². The van der Waals surface area contributed by atoms with Crippen LogP contribution >= 0.6 is 0 Å². The van der Waals surface area contributed by atoms with E-state index in [-0.39, 0.29) is 0 Å². The van der Waals surface area contributed by atoms with Crippen molar-refractivity contribution in [3.8, 4) is 0 Å². The Morgan fingerprint density at radius 1 is 1.06 bits per heavy atom. The van der Waals surface area contributed by atoms with Crippen molar-refractivity contribution in [3.63, 3.8) is 0 Å². The number of hydrogen-bond acceptors (Lipinski definition) is 1. The second-order valence-electron chi connectivity index (χ2n) is 12.5. The zero-order valence-corrected chi connectivity index (χ0v) is 21.8. The maximum atomic E-state index is 4.10. The molecule has 1 aromatic rings. The molecule has 0 aromatic heterocycles. The van der Waals surface area contributed by atoms with Crippen LogP contribution in [-0.2, 0) is 0 Å². The second-order valence-corrected chi connectivity index (χ2v) is 12.5. The van der Waals surface area contributed by atoms with Crippen molar-refractivity contribution < 1.29 is 0 Å². The molecule has 0 spiro atoms. The van der Waals surface area contributed by atoms with Crippen LogP contribution in [0.25, 0.3) is 0 Å². The first-order chi connectivity index (χ1) is 15.9. The Kier molecular flexibility index (Phi) is 6.30. The number of nitrogens with zero attached hydrogens (tertiary/aromatic N) is 1. The molecule has 3 aliphatic carbocycles. The minimum Gasteiger partial charge on any atom is -0.372 e. The summed E-state index contributed by atoms with van der Waals surface area (Å²) in [6.07, 6.45) is 16.7. The van der Waals surface area contributed by atoms with Crippen molar-refractivity contribution in [1.29, 1.82) is 0 Å². The number of benzene rings is 1. The van der Waals surface area contributed by atoms with E-state index in [2.05, 4.69) is 75.6 Å². The molecule has 1 nitrogen and oxygen atoms in total. The highest BCUT2D eigenvalue weighted by Gasteiger charge is 2.60. The summed E-state index contributed by atoms with van der Waals surface area (Å²) < 4.78 is 0. The van der Waals surface area contributed by atoms with Crippen LogP contribution in [0, 0.1) is 34.5 Å². The normalized spacial score (nSPS) is 41.8. The molecule has 1 aromatic carbocycles. The zero-order valence-electron chi connectivity index (χ0n) is 21.8. The quantitative estimate of drug-likeness (QED) is 0.438. The van der Waals surface area contributed by atoms with E-state index < -0.39 is 0 Å². The number of anilines is 1. The van der Waals surface area contributed by atoms with Crippen molar-refractivity contribution >= 4 is 5.69 Å². The Morgan fingerprint density at radius 2 is 1.79 bits per heavy atom. The Labute approximate surface area is 203 Å². The second kappa shape index (κ2) is 8.94. The smallest absolute Gasteiger partial charge is 0.0366 e. The molecule has 4 aliphatic rings. The van der Waals surface area contributed by atoms with Crippen LogP contribution in [0.4, 0.5) is 5.69 Å². The maximum Gasteiger partial charge on any atom is 0.0366 e. The lowest BCUT2D eigenvalue weighted by molar-refractivity contribution is -0.0627. The van der Waals surface area contributed by atoms with Gasteiger partial charge in [0, 0.05) is 18.8 Å². The predicted octanol–water partition coefficient (Wildman–Crippen LogP) is 8.77. The highest BCUT2D eigenvalue weighted by molar-refractivity contribution is 5.49. The molecule has 33 heavy (non-hydrogen) atoms. The highest BCUT2D eigenvalue weighted by Crippen LogP contribution is 2.69. The number of fused-ring (bicyclic) bond motifs is 3. The van der Waals surface area contributed by atoms with Gasteiger partial charge in [-0.15, -0.1) is 0 Å². The minimum absolute atomic E-state index is 0.303. The topological polar surface area (TPSA) is 3.24 Å². The monoisotopic (exact) mass is 445 g/mol. The third-order valence-electron chi connectivity index (χ3n) is 11.1. The van der Waals surface area contributed by atoms with Crippen molar-refractivity contribution in [2.75, 3.05) is 18.0 Å². The predicted molar refractivity (Wildman–Crippen MR) is 143 cm³/mol. The lowest BCUT2D eigenvalue weighted by Crippen LogP contribution is -2.52. The van der Waals surface area contributed by atoms with E-state index in [0.29, 0.717) is 16.7 Å². The Balaban J connectivity index is 1.57. The zero-order chi connectivity index (χ0) is 23.2. The molecule has 0 amide bonds. The Morgan fingerprint density at radius 3 is 2.45 bits per heavy atom. The molecule has 1 heterocycles. The van der Waals surface area contributed by atoms with Gasteiger partial charge in [0.2, 0.25) is 0 Å². The van der Waals surface area contributed by atoms with Gasteiger partial charge in [0.25, 0.3) is 0 Å². The molecule has 1 saturated heterocycles. The van der Waals surface area contributed by atoms with Crippen LogP contribution in [0.3, 0.4) is 0 Å². The molecule has 5 rings (SSSR count). The average molecular weight is 446 g/mol. The van der Waals surface area contributed by atoms with Gasteiger partial charge in [0.1, 0.15) is 0 Å². The van der Waals surface area contributed by atoms with Gasteiger partial charge in [-0.25, -0.2) is 0 Å². The molecule has 7 unspecified atom stereocenters. The Hall–Kier alpha value is -1.50. The summed E-state index contributed by atoms with van der Waals surface area (Å²) >= 11 is 0. The summed E-state index contributed by atoms with van der Waals surface area (Å²) in [6.45, 7) is 16.8. The highest BCUT2D eigenvalue weighted by atomic mass is 15.1. The van der Waals surface area contributed by atoms with E-state index in [0.717, 1.165) is 23.7 Å². The third-order valence-corrected chi connectivity index (χ3v) is 11.1. The first-order valence-electron chi connectivity index (χ1n) is 14.1. The fourth-order valence-corrected chi connectivity index (χ4v) is 9.27. The van der Waals surface area contributed by atoms with Crippen molar-refractivity contribution in [3.05, 3.63) is 54.1 Å². The molecule has 1 heteroatoms. The summed E-state index contributed by atoms with van der Waals surface area (Å²) in [5.74, 6) is 4.08. The standard InChI is InChI=1S/C32H47N/c1-6-10-25-14-17-27-29-18-11-23(3)32(29,5)22-28(30(27)31(25,4)19-7-2)24-12-15-26(16-13-24)33-20-8-9-21-33/h6,10,12-13,15-16,23,27-30H,1,7-9,11,14,17-22H2,2-5H3/b25-10-. The van der Waals surface area contributed by atoms with Gasteiger partial charge in [-0.2, -0.15) is 0 Å². The van der Waals surface area contributed by atoms with Gasteiger partial charge < -0.3 is 4.90 Å². The molecule has 0 radical (unpaired) electrons. The van der Waals surface area contributed by atoms with Crippen LogP contribution < -0.4 is 4.90 Å². The van der Waals surface area contributed by atoms with E-state index in [4.69, 9.17) is 0 Å². The Bertz CT molecular complexity index is 874. The van der Waals surface area contributed by atoms with Crippen LogP contribution in [0.1, 0.15) is 97.0 Å². The molecule has 0 bridgehead atoms. The minimum atomic E-state index is 0.303. The summed E-state index contributed by atoms with van der Waals surface area (Å²) in [6, 6.07) is 9.94. The number of hydrogen-bond donors (Lipinski definition) is 0. The third kappa shape index (κ3) is 3.73. The van der Waals surface area contributed by atoms with Gasteiger partial charge in [-0.05, 0) is 109 Å². The lowest BCUT2D eigenvalue weighted by Gasteiger charge is -2.60. The molecular weight excluding hydrogens is 398 g/mol. The molecule has 3 saturated carbocycles. The van der Waals surface area contributed by atoms with Crippen LogP contribution in [-0.4, -0.2) is 13.1 Å². The van der Waals surface area contributed by atoms with E-state index >= 15 is 0 Å². The first kappa shape index (κ1) is 23.3. The van der Waals surface area contributed by atoms with Gasteiger partial charge in [-0.3, -0.25) is 0 Å². The average Bonchev–Trinajstić information content (AvgIpc) is 3.44. The molecule has 180 valence electrons. The molecule has 7 atom stereocenters. The van der Waals surface area contributed by atoms with E-state index in [1.165, 1.54) is 76.6 Å². The van der Waals surface area contributed by atoms with E-state index in [1.54, 1.807) is 11.1 Å². The fraction of sp³-hybridized carbons (Fsp3) is 0.688. The van der Waals surface area contributed by atoms with Crippen molar-refractivity contribution in [1.82, 2.24) is 0 Å². The number of allylic oxidation sites excluding steroid dienone is 3. The van der Waals surface area contributed by atoms with Crippen LogP contribution in [0.2, 0.25) is 0 Å². The summed E-state index contributed by atoms with van der Waals surface area (Å²) in [4.78, 5) is 2.58. The summed E-state index contributed by atoms with van der Waals surface area (Å²) in [5.41, 5.74) is 5.56. The van der Waals surface area contributed by atoms with Gasteiger partial charge in [-0.1, -0.05) is 70.6 Å². The van der Waals surface area contributed by atoms with Gasteiger partial charge >= 0.3 is 0 Å². The van der Waals surface area contributed by atoms with Crippen molar-refractivity contribution in [2.45, 2.75) is 91.4 Å². The maximum absolute atomic E-state index is 4.10. The van der Waals surface area contributed by atoms with E-state index in [1.807, 2.05) is 0 Å². The number of rotatable bonds is 5. The van der Waals surface area contributed by atoms with E-state index in [9.17, 15) is 0 Å². The molecule has 0 N–H and O–H groups in total. The molecule has 4 fully saturated rings. The largest absolute Gasteiger partial charge is 0.372 e. The summed E-state index contributed by atoms with van der Waals surface area (Å²) in [7, 11) is 0. The van der Waals surface area contributed by atoms with Crippen LogP contribution in [0.5, 0.6) is 0 Å². The first-order valence-corrected chi connectivity index (χ1v) is 14.1. The summed E-state index contributed by atoms with van der Waals surface area (Å²) in [5, 5.41) is 0. The SMILES string of the molecule is C=C/C=C1/CCC2C(C(c3ccc(N4CCCC4)cc3)CC3(C)C(C)CCC23)C1(C)CCC. The van der Waals surface area contributed by atoms with Crippen LogP contribution in [0.15, 0.2) is 48.6 Å². The van der Waals surface area contributed by atoms with Crippen molar-refractivity contribution in [2.24, 2.45) is 34.5 Å². The fourth-order valence-electron chi connectivity index (χ4n) is 9.27. The lowest BCUT2D eigenvalue weighted by atomic mass is 9.44.